The fourth-order valence-corrected chi connectivity index (χ4v) is 5.10. The zero-order valence-electron chi connectivity index (χ0n) is 20.4. The summed E-state index contributed by atoms with van der Waals surface area (Å²) in [6.07, 6.45) is 7.29. The highest BCUT2D eigenvalue weighted by Crippen LogP contribution is 2.32. The van der Waals surface area contributed by atoms with Crippen molar-refractivity contribution in [3.8, 4) is 0 Å². The fraction of sp³-hybridized carbons (Fsp3) is 0.560. The monoisotopic (exact) mass is 501 g/mol. The third-order valence-corrected chi connectivity index (χ3v) is 6.92. The molecule has 2 fully saturated rings. The molecule has 1 aromatic rings. The number of hydrogen-bond donors (Lipinski definition) is 4. The molecule has 0 radical (unpaired) electrons. The smallest absolute Gasteiger partial charge is 0.321 e. The molecule has 2 atom stereocenters. The van der Waals surface area contributed by atoms with Gasteiger partial charge in [0.15, 0.2) is 0 Å². The lowest BCUT2D eigenvalue weighted by atomic mass is 9.91. The Labute approximate surface area is 210 Å². The molecule has 1 heterocycles. The summed E-state index contributed by atoms with van der Waals surface area (Å²) in [6.45, 7) is 0.575. The number of hydrogen-bond acceptors (Lipinski definition) is 6. The highest BCUT2D eigenvalue weighted by atomic mass is 16.5. The number of nitrogens with zero attached hydrogens (tertiary/aromatic N) is 2. The second-order valence-electron chi connectivity index (χ2n) is 9.45. The second-order valence-corrected chi connectivity index (χ2v) is 9.45. The number of carbonyl (C=O) groups is 5. The molecule has 0 unspecified atom stereocenters. The Balaban J connectivity index is 1.51. The number of urea groups is 1. The summed E-state index contributed by atoms with van der Waals surface area (Å²) in [7, 11) is 0. The van der Waals surface area contributed by atoms with E-state index in [1.54, 1.807) is 12.1 Å². The summed E-state index contributed by atoms with van der Waals surface area (Å²) >= 11 is 0. The Hall–Kier alpha value is -3.47. The molecule has 0 bridgehead atoms. The van der Waals surface area contributed by atoms with Crippen LogP contribution in [0.15, 0.2) is 24.3 Å². The molecule has 11 nitrogen and oxygen atoms in total. The van der Waals surface area contributed by atoms with E-state index >= 15 is 0 Å². The SMILES string of the molecule is O=CNc1ccc(CCNC(=O)NC(=O)[C@@H]2CCCN2C(=O)[C@H](CC2CCCC2)CN(O)C=O)cc1. The number of nitrogens with one attached hydrogen (secondary N) is 3. The lowest BCUT2D eigenvalue weighted by molar-refractivity contribution is -0.158. The number of amides is 6. The standard InChI is InChI=1S/C25H35N5O6/c31-16-27-21-9-7-18(8-10-21)11-12-26-25(35)28-23(33)22-6-3-13-30(22)24(34)20(15-29(36)17-32)14-19-4-1-2-5-19/h7-10,16-17,19-20,22,36H,1-6,11-15H2,(H,27,31)(H2,26,28,33,35)/t20-,22+/m1/s1. The predicted octanol–water partition coefficient (Wildman–Crippen LogP) is 1.66. The Bertz CT molecular complexity index is 918. The number of imide groups is 1. The van der Waals surface area contributed by atoms with Crippen molar-refractivity contribution in [2.75, 3.05) is 25.0 Å². The largest absolute Gasteiger partial charge is 0.337 e. The van der Waals surface area contributed by atoms with Crippen LogP contribution in [-0.2, 0) is 25.6 Å². The number of anilines is 1. The molecule has 0 aromatic heterocycles. The van der Waals surface area contributed by atoms with Crippen molar-refractivity contribution in [2.24, 2.45) is 11.8 Å². The molecular weight excluding hydrogens is 466 g/mol. The first kappa shape index (κ1) is 27.1. The van der Waals surface area contributed by atoms with E-state index in [0.29, 0.717) is 61.9 Å². The molecule has 2 aliphatic rings. The van der Waals surface area contributed by atoms with Gasteiger partial charge in [0.2, 0.25) is 18.7 Å². The van der Waals surface area contributed by atoms with E-state index in [9.17, 15) is 29.2 Å². The van der Waals surface area contributed by atoms with E-state index in [4.69, 9.17) is 0 Å². The molecule has 3 rings (SSSR count). The average molecular weight is 502 g/mol. The minimum absolute atomic E-state index is 0.115. The molecule has 1 aliphatic carbocycles. The average Bonchev–Trinajstić information content (AvgIpc) is 3.57. The van der Waals surface area contributed by atoms with Crippen LogP contribution in [0.4, 0.5) is 10.5 Å². The first-order chi connectivity index (χ1) is 17.4. The molecule has 4 N–H and O–H groups in total. The van der Waals surface area contributed by atoms with Crippen molar-refractivity contribution in [1.29, 1.82) is 0 Å². The second kappa shape index (κ2) is 13.6. The minimum Gasteiger partial charge on any atom is -0.337 e. The van der Waals surface area contributed by atoms with Crippen molar-refractivity contribution in [1.82, 2.24) is 20.6 Å². The normalized spacial score (nSPS) is 18.4. The zero-order chi connectivity index (χ0) is 25.9. The molecule has 196 valence electrons. The topological polar surface area (TPSA) is 148 Å². The zero-order valence-corrected chi connectivity index (χ0v) is 20.4. The Kier molecular flexibility index (Phi) is 10.2. The van der Waals surface area contributed by atoms with Gasteiger partial charge < -0.3 is 15.5 Å². The van der Waals surface area contributed by atoms with Crippen LogP contribution < -0.4 is 16.0 Å². The van der Waals surface area contributed by atoms with Crippen molar-refractivity contribution >= 4 is 36.4 Å². The maximum absolute atomic E-state index is 13.3. The van der Waals surface area contributed by atoms with Gasteiger partial charge in [-0.15, -0.1) is 0 Å². The van der Waals surface area contributed by atoms with Gasteiger partial charge >= 0.3 is 6.03 Å². The van der Waals surface area contributed by atoms with Crippen LogP contribution >= 0.6 is 0 Å². The third kappa shape index (κ3) is 7.77. The maximum atomic E-state index is 13.3. The van der Waals surface area contributed by atoms with Crippen LogP contribution in [0, 0.1) is 11.8 Å². The molecule has 1 saturated heterocycles. The molecule has 1 aliphatic heterocycles. The molecule has 6 amide bonds. The maximum Gasteiger partial charge on any atom is 0.321 e. The molecule has 0 spiro atoms. The van der Waals surface area contributed by atoms with Gasteiger partial charge in [-0.2, -0.15) is 0 Å². The number of likely N-dealkylation sites (tertiary alicyclic amines) is 1. The summed E-state index contributed by atoms with van der Waals surface area (Å²) in [5, 5.41) is 17.8. The quantitative estimate of drug-likeness (QED) is 0.194. The minimum atomic E-state index is -0.768. The van der Waals surface area contributed by atoms with Gasteiger partial charge in [-0.25, -0.2) is 9.86 Å². The van der Waals surface area contributed by atoms with E-state index in [2.05, 4.69) is 16.0 Å². The van der Waals surface area contributed by atoms with Gasteiger partial charge in [-0.1, -0.05) is 37.8 Å². The van der Waals surface area contributed by atoms with Gasteiger partial charge in [-0.05, 0) is 49.3 Å². The summed E-state index contributed by atoms with van der Waals surface area (Å²) in [5.41, 5.74) is 1.62. The van der Waals surface area contributed by atoms with Gasteiger partial charge in [0.05, 0.1) is 12.5 Å². The Morgan fingerprint density at radius 1 is 1.08 bits per heavy atom. The predicted molar refractivity (Wildman–Crippen MR) is 131 cm³/mol. The highest BCUT2D eigenvalue weighted by molar-refractivity contribution is 5.99. The van der Waals surface area contributed by atoms with Crippen LogP contribution in [0.3, 0.4) is 0 Å². The van der Waals surface area contributed by atoms with E-state index in [0.717, 1.165) is 31.2 Å². The Morgan fingerprint density at radius 3 is 2.47 bits per heavy atom. The van der Waals surface area contributed by atoms with Gasteiger partial charge in [0.25, 0.3) is 5.91 Å². The van der Waals surface area contributed by atoms with Crippen molar-refractivity contribution in [3.63, 3.8) is 0 Å². The van der Waals surface area contributed by atoms with E-state index < -0.39 is 23.9 Å². The fourth-order valence-electron chi connectivity index (χ4n) is 5.10. The lowest BCUT2D eigenvalue weighted by Crippen LogP contribution is -2.52. The molecule has 1 aromatic carbocycles. The molecule has 1 saturated carbocycles. The van der Waals surface area contributed by atoms with E-state index in [1.165, 1.54) is 4.90 Å². The van der Waals surface area contributed by atoms with Crippen LogP contribution in [0.25, 0.3) is 0 Å². The van der Waals surface area contributed by atoms with Crippen molar-refractivity contribution < 1.29 is 29.2 Å². The number of hydroxylamine groups is 2. The number of rotatable bonds is 12. The molecular formula is C25H35N5O6. The van der Waals surface area contributed by atoms with Gasteiger partial charge in [-0.3, -0.25) is 29.7 Å². The summed E-state index contributed by atoms with van der Waals surface area (Å²) in [5.74, 6) is -1.05. The van der Waals surface area contributed by atoms with Crippen molar-refractivity contribution in [2.45, 2.75) is 57.4 Å². The number of benzene rings is 1. The van der Waals surface area contributed by atoms with Gasteiger partial charge in [0, 0.05) is 18.8 Å². The van der Waals surface area contributed by atoms with E-state index in [1.807, 2.05) is 12.1 Å². The lowest BCUT2D eigenvalue weighted by Gasteiger charge is -2.30. The summed E-state index contributed by atoms with van der Waals surface area (Å²) in [4.78, 5) is 61.4. The van der Waals surface area contributed by atoms with Crippen LogP contribution in [0.2, 0.25) is 0 Å². The third-order valence-electron chi connectivity index (χ3n) is 6.92. The van der Waals surface area contributed by atoms with Crippen LogP contribution in [0.1, 0.15) is 50.5 Å². The van der Waals surface area contributed by atoms with Crippen LogP contribution in [-0.4, -0.2) is 71.5 Å². The van der Waals surface area contributed by atoms with Crippen LogP contribution in [0.5, 0.6) is 0 Å². The Morgan fingerprint density at radius 2 is 1.81 bits per heavy atom. The highest BCUT2D eigenvalue weighted by Gasteiger charge is 2.39. The number of carbonyl (C=O) groups excluding carboxylic acids is 5. The first-order valence-corrected chi connectivity index (χ1v) is 12.5. The summed E-state index contributed by atoms with van der Waals surface area (Å²) < 4.78 is 0. The molecule has 36 heavy (non-hydrogen) atoms. The van der Waals surface area contributed by atoms with Gasteiger partial charge in [0.1, 0.15) is 6.04 Å². The summed E-state index contributed by atoms with van der Waals surface area (Å²) in [6, 6.07) is 5.77. The van der Waals surface area contributed by atoms with E-state index in [-0.39, 0.29) is 18.9 Å². The molecule has 11 heteroatoms. The first-order valence-electron chi connectivity index (χ1n) is 12.5. The van der Waals surface area contributed by atoms with Crippen molar-refractivity contribution in [3.05, 3.63) is 29.8 Å².